The zero-order chi connectivity index (χ0) is 18.4. The van der Waals surface area contributed by atoms with Gasteiger partial charge in [-0.2, -0.15) is 0 Å². The summed E-state index contributed by atoms with van der Waals surface area (Å²) in [5.74, 6) is 2.02. The number of phenols is 2. The summed E-state index contributed by atoms with van der Waals surface area (Å²) >= 11 is 0. The van der Waals surface area contributed by atoms with Crippen molar-refractivity contribution in [1.82, 2.24) is 0 Å². The zero-order valence-corrected chi connectivity index (χ0v) is 15.6. The second-order valence-electron chi connectivity index (χ2n) is 5.93. The molecule has 0 aromatic heterocycles. The fourth-order valence-electron chi connectivity index (χ4n) is 2.97. The highest BCUT2D eigenvalue weighted by Gasteiger charge is 2.15. The third-order valence-electron chi connectivity index (χ3n) is 4.25. The molecule has 2 aromatic carbocycles. The fraction of sp³-hybridized carbons (Fsp3) is 0.429. The summed E-state index contributed by atoms with van der Waals surface area (Å²) in [7, 11) is 0. The lowest BCUT2D eigenvalue weighted by Crippen LogP contribution is -2.00. The molecule has 0 aliphatic carbocycles. The number of benzene rings is 2. The standard InChI is InChI=1S/C21H28O4/c1-5-14-10-18(24-7-3)12-16(20(14)22)9-17-13-19(25-8-4)11-15(6-2)21(17)23/h10-13,22-23H,5-9H2,1-4H3. The van der Waals surface area contributed by atoms with Crippen LogP contribution in [0.2, 0.25) is 0 Å². The van der Waals surface area contributed by atoms with Gasteiger partial charge in [0.1, 0.15) is 23.0 Å². The molecule has 0 atom stereocenters. The summed E-state index contributed by atoms with van der Waals surface area (Å²) in [5.41, 5.74) is 3.18. The third-order valence-corrected chi connectivity index (χ3v) is 4.25. The molecule has 0 spiro atoms. The first-order valence-corrected chi connectivity index (χ1v) is 8.98. The van der Waals surface area contributed by atoms with Gasteiger partial charge in [0.05, 0.1) is 13.2 Å². The summed E-state index contributed by atoms with van der Waals surface area (Å²) in [6.07, 6.45) is 1.84. The van der Waals surface area contributed by atoms with Gasteiger partial charge >= 0.3 is 0 Å². The van der Waals surface area contributed by atoms with Crippen LogP contribution in [0.1, 0.15) is 49.9 Å². The molecule has 4 heteroatoms. The molecule has 0 saturated carbocycles. The average Bonchev–Trinajstić information content (AvgIpc) is 2.60. The van der Waals surface area contributed by atoms with Crippen molar-refractivity contribution in [2.24, 2.45) is 0 Å². The first-order chi connectivity index (χ1) is 12.0. The molecule has 25 heavy (non-hydrogen) atoms. The number of rotatable bonds is 8. The second kappa shape index (κ2) is 8.65. The van der Waals surface area contributed by atoms with Gasteiger partial charge in [-0.05, 0) is 62.1 Å². The number of hydrogen-bond donors (Lipinski definition) is 2. The van der Waals surface area contributed by atoms with Crippen molar-refractivity contribution in [2.45, 2.75) is 47.0 Å². The van der Waals surface area contributed by atoms with E-state index in [-0.39, 0.29) is 11.5 Å². The van der Waals surface area contributed by atoms with Gasteiger partial charge in [-0.15, -0.1) is 0 Å². The molecular formula is C21H28O4. The van der Waals surface area contributed by atoms with E-state index in [4.69, 9.17) is 9.47 Å². The van der Waals surface area contributed by atoms with E-state index in [1.54, 1.807) is 0 Å². The minimum atomic E-state index is 0.269. The highest BCUT2D eigenvalue weighted by atomic mass is 16.5. The van der Waals surface area contributed by atoms with Gasteiger partial charge in [-0.3, -0.25) is 0 Å². The Labute approximate surface area is 150 Å². The molecule has 0 radical (unpaired) electrons. The van der Waals surface area contributed by atoms with Crippen molar-refractivity contribution in [3.05, 3.63) is 46.5 Å². The van der Waals surface area contributed by atoms with Crippen LogP contribution in [-0.2, 0) is 19.3 Å². The fourth-order valence-corrected chi connectivity index (χ4v) is 2.97. The first kappa shape index (κ1) is 19.0. The van der Waals surface area contributed by atoms with E-state index in [1.807, 2.05) is 52.0 Å². The summed E-state index contributed by atoms with van der Waals surface area (Å²) in [6.45, 7) is 9.00. The lowest BCUT2D eigenvalue weighted by atomic mass is 9.96. The van der Waals surface area contributed by atoms with Gasteiger partial charge in [0.2, 0.25) is 0 Å². The van der Waals surface area contributed by atoms with Crippen molar-refractivity contribution in [1.29, 1.82) is 0 Å². The van der Waals surface area contributed by atoms with E-state index in [1.165, 1.54) is 0 Å². The summed E-state index contributed by atoms with van der Waals surface area (Å²) in [5, 5.41) is 21.1. The normalized spacial score (nSPS) is 10.7. The number of phenolic OH excluding ortho intramolecular Hbond substituents is 2. The topological polar surface area (TPSA) is 58.9 Å². The Hall–Kier alpha value is -2.36. The molecule has 2 rings (SSSR count). The smallest absolute Gasteiger partial charge is 0.122 e. The van der Waals surface area contributed by atoms with Crippen LogP contribution in [0.25, 0.3) is 0 Å². The number of aromatic hydroxyl groups is 2. The molecule has 0 heterocycles. The second-order valence-corrected chi connectivity index (χ2v) is 5.93. The van der Waals surface area contributed by atoms with Crippen LogP contribution in [0.3, 0.4) is 0 Å². The van der Waals surface area contributed by atoms with E-state index in [0.717, 1.165) is 33.8 Å². The maximum Gasteiger partial charge on any atom is 0.122 e. The van der Waals surface area contributed by atoms with Crippen LogP contribution in [0.15, 0.2) is 24.3 Å². The largest absolute Gasteiger partial charge is 0.507 e. The van der Waals surface area contributed by atoms with Crippen molar-refractivity contribution in [3.63, 3.8) is 0 Å². The molecule has 4 nitrogen and oxygen atoms in total. The monoisotopic (exact) mass is 344 g/mol. The van der Waals surface area contributed by atoms with E-state index in [9.17, 15) is 10.2 Å². The maximum absolute atomic E-state index is 10.6. The highest BCUT2D eigenvalue weighted by molar-refractivity contribution is 5.53. The molecule has 2 N–H and O–H groups in total. The zero-order valence-electron chi connectivity index (χ0n) is 15.6. The Morgan fingerprint density at radius 2 is 1.00 bits per heavy atom. The third kappa shape index (κ3) is 4.38. The van der Waals surface area contributed by atoms with Gasteiger partial charge in [0.15, 0.2) is 0 Å². The molecule has 0 fully saturated rings. The van der Waals surface area contributed by atoms with E-state index in [0.29, 0.717) is 32.5 Å². The first-order valence-electron chi connectivity index (χ1n) is 8.98. The SMILES string of the molecule is CCOc1cc(CC)c(O)c(Cc2cc(OCC)cc(CC)c2O)c1. The van der Waals surface area contributed by atoms with Crippen molar-refractivity contribution in [3.8, 4) is 23.0 Å². The molecule has 0 aliphatic rings. The van der Waals surface area contributed by atoms with Crippen molar-refractivity contribution < 1.29 is 19.7 Å². The lowest BCUT2D eigenvalue weighted by molar-refractivity contribution is 0.337. The molecule has 0 bridgehead atoms. The average molecular weight is 344 g/mol. The van der Waals surface area contributed by atoms with Crippen LogP contribution < -0.4 is 9.47 Å². The molecule has 0 amide bonds. The minimum absolute atomic E-state index is 0.269. The molecule has 2 aromatic rings. The number of aryl methyl sites for hydroxylation is 2. The van der Waals surface area contributed by atoms with Crippen molar-refractivity contribution >= 4 is 0 Å². The van der Waals surface area contributed by atoms with Gasteiger partial charge in [-0.25, -0.2) is 0 Å². The van der Waals surface area contributed by atoms with Gasteiger partial charge in [-0.1, -0.05) is 13.8 Å². The van der Waals surface area contributed by atoms with Crippen LogP contribution in [0, 0.1) is 0 Å². The maximum atomic E-state index is 10.6. The lowest BCUT2D eigenvalue weighted by Gasteiger charge is -2.16. The number of ether oxygens (including phenoxy) is 2. The molecular weight excluding hydrogens is 316 g/mol. The van der Waals surface area contributed by atoms with Gasteiger partial charge < -0.3 is 19.7 Å². The predicted octanol–water partition coefficient (Wildman–Crippen LogP) is 4.61. The van der Waals surface area contributed by atoms with Crippen LogP contribution in [0.4, 0.5) is 0 Å². The van der Waals surface area contributed by atoms with E-state index < -0.39 is 0 Å². The van der Waals surface area contributed by atoms with Crippen LogP contribution in [0.5, 0.6) is 23.0 Å². The summed E-state index contributed by atoms with van der Waals surface area (Å²) in [6, 6.07) is 7.43. The predicted molar refractivity (Wildman–Crippen MR) is 100 cm³/mol. The highest BCUT2D eigenvalue weighted by Crippen LogP contribution is 2.35. The molecule has 0 saturated heterocycles. The van der Waals surface area contributed by atoms with Gasteiger partial charge in [0.25, 0.3) is 0 Å². The summed E-state index contributed by atoms with van der Waals surface area (Å²) in [4.78, 5) is 0. The Morgan fingerprint density at radius 3 is 1.32 bits per heavy atom. The van der Waals surface area contributed by atoms with Gasteiger partial charge in [0, 0.05) is 17.5 Å². The Morgan fingerprint density at radius 1 is 0.640 bits per heavy atom. The number of hydrogen-bond acceptors (Lipinski definition) is 4. The van der Waals surface area contributed by atoms with Crippen molar-refractivity contribution in [2.75, 3.05) is 13.2 Å². The Bertz CT molecular complexity index is 661. The minimum Gasteiger partial charge on any atom is -0.507 e. The molecule has 0 aliphatic heterocycles. The Balaban J connectivity index is 2.47. The van der Waals surface area contributed by atoms with Crippen LogP contribution in [-0.4, -0.2) is 23.4 Å². The quantitative estimate of drug-likeness (QED) is 0.734. The molecule has 0 unspecified atom stereocenters. The summed E-state index contributed by atoms with van der Waals surface area (Å²) < 4.78 is 11.2. The van der Waals surface area contributed by atoms with Crippen LogP contribution >= 0.6 is 0 Å². The van der Waals surface area contributed by atoms with E-state index in [2.05, 4.69) is 0 Å². The van der Waals surface area contributed by atoms with E-state index >= 15 is 0 Å². The molecule has 136 valence electrons. The Kier molecular flexibility index (Phi) is 6.57.